The minimum atomic E-state index is -0.259. The van der Waals surface area contributed by atoms with E-state index in [4.69, 9.17) is 23.2 Å². The molecule has 3 rings (SSSR count). The molecule has 0 spiro atoms. The lowest BCUT2D eigenvalue weighted by molar-refractivity contribution is 0.102. The van der Waals surface area contributed by atoms with Crippen LogP contribution in [0.3, 0.4) is 0 Å². The van der Waals surface area contributed by atoms with Crippen molar-refractivity contribution in [1.82, 2.24) is 9.88 Å². The Labute approximate surface area is 157 Å². The van der Waals surface area contributed by atoms with Gasteiger partial charge >= 0.3 is 0 Å². The molecular weight excluding hydrogens is 359 g/mol. The number of carbonyl (C=O) groups is 1. The highest BCUT2D eigenvalue weighted by Gasteiger charge is 2.18. The fraction of sp³-hybridized carbons (Fsp3) is 0.333. The molecule has 25 heavy (non-hydrogen) atoms. The summed E-state index contributed by atoms with van der Waals surface area (Å²) in [6, 6.07) is 7.00. The van der Waals surface area contributed by atoms with Crippen LogP contribution in [0.4, 0.5) is 11.4 Å². The molecule has 0 bridgehead atoms. The van der Waals surface area contributed by atoms with Crippen molar-refractivity contribution in [2.24, 2.45) is 0 Å². The molecule has 5 nitrogen and oxygen atoms in total. The second kappa shape index (κ2) is 8.04. The number of nitrogens with zero attached hydrogens (tertiary/aromatic N) is 3. The topological polar surface area (TPSA) is 48.5 Å². The molecular formula is C18H20Cl2N4O. The molecule has 1 amide bonds. The quantitative estimate of drug-likeness (QED) is 0.879. The number of aromatic nitrogens is 1. The maximum Gasteiger partial charge on any atom is 0.257 e. The van der Waals surface area contributed by atoms with Crippen molar-refractivity contribution in [3.8, 4) is 0 Å². The molecule has 0 radical (unpaired) electrons. The van der Waals surface area contributed by atoms with Crippen molar-refractivity contribution in [3.63, 3.8) is 0 Å². The summed E-state index contributed by atoms with van der Waals surface area (Å²) in [6.45, 7) is 7.13. The Kier molecular flexibility index (Phi) is 5.78. The normalized spacial score (nSPS) is 15.2. The van der Waals surface area contributed by atoms with Crippen LogP contribution in [-0.2, 0) is 0 Å². The average Bonchev–Trinajstić information content (AvgIpc) is 2.65. The van der Waals surface area contributed by atoms with Gasteiger partial charge in [0.15, 0.2) is 0 Å². The third-order valence-electron chi connectivity index (χ3n) is 4.37. The molecule has 1 N–H and O–H groups in total. The van der Waals surface area contributed by atoms with Gasteiger partial charge < -0.3 is 15.1 Å². The number of likely N-dealkylation sites (N-methyl/N-ethyl adjacent to an activating group) is 1. The Morgan fingerprint density at radius 1 is 1.20 bits per heavy atom. The summed E-state index contributed by atoms with van der Waals surface area (Å²) in [6.07, 6.45) is 3.35. The fourth-order valence-electron chi connectivity index (χ4n) is 2.84. The standard InChI is InChI=1S/C18H20Cl2N4O/c1-2-23-6-8-24(9-7-23)14-10-13(11-21-12-14)18(25)22-16-5-3-4-15(19)17(16)20/h3-5,10-12H,2,6-9H2,1H3,(H,22,25). The Hall–Kier alpha value is -1.82. The molecule has 0 atom stereocenters. The zero-order chi connectivity index (χ0) is 17.8. The highest BCUT2D eigenvalue weighted by atomic mass is 35.5. The summed E-state index contributed by atoms with van der Waals surface area (Å²) in [5, 5.41) is 3.53. The van der Waals surface area contributed by atoms with Gasteiger partial charge in [-0.15, -0.1) is 0 Å². The number of amides is 1. The van der Waals surface area contributed by atoms with Crippen LogP contribution in [-0.4, -0.2) is 48.5 Å². The van der Waals surface area contributed by atoms with Gasteiger partial charge in [0.1, 0.15) is 0 Å². The summed E-state index contributed by atoms with van der Waals surface area (Å²) in [5.41, 5.74) is 1.94. The number of nitrogens with one attached hydrogen (secondary N) is 1. The van der Waals surface area contributed by atoms with Gasteiger partial charge in [0, 0.05) is 32.4 Å². The third-order valence-corrected chi connectivity index (χ3v) is 5.19. The van der Waals surface area contributed by atoms with E-state index < -0.39 is 0 Å². The first-order valence-corrected chi connectivity index (χ1v) is 9.01. The molecule has 0 aliphatic carbocycles. The molecule has 7 heteroatoms. The molecule has 1 saturated heterocycles. The summed E-state index contributed by atoms with van der Waals surface area (Å²) in [4.78, 5) is 21.4. The lowest BCUT2D eigenvalue weighted by Gasteiger charge is -2.35. The van der Waals surface area contributed by atoms with E-state index in [1.54, 1.807) is 30.6 Å². The molecule has 2 aromatic rings. The first kappa shape index (κ1) is 18.0. The van der Waals surface area contributed by atoms with Crippen molar-refractivity contribution >= 4 is 40.5 Å². The first-order chi connectivity index (χ1) is 12.1. The van der Waals surface area contributed by atoms with Crippen molar-refractivity contribution in [3.05, 3.63) is 52.3 Å². The largest absolute Gasteiger partial charge is 0.368 e. The molecule has 132 valence electrons. The predicted octanol–water partition coefficient (Wildman–Crippen LogP) is 3.78. The highest BCUT2D eigenvalue weighted by Crippen LogP contribution is 2.30. The average molecular weight is 379 g/mol. The summed E-state index contributed by atoms with van der Waals surface area (Å²) in [5.74, 6) is -0.259. The number of benzene rings is 1. The Balaban J connectivity index is 1.73. The van der Waals surface area contributed by atoms with E-state index in [0.29, 0.717) is 21.3 Å². The molecule has 1 aromatic carbocycles. The van der Waals surface area contributed by atoms with Gasteiger partial charge in [-0.2, -0.15) is 0 Å². The summed E-state index contributed by atoms with van der Waals surface area (Å²) in [7, 11) is 0. The fourth-order valence-corrected chi connectivity index (χ4v) is 3.19. The van der Waals surface area contributed by atoms with Gasteiger partial charge in [-0.05, 0) is 24.7 Å². The van der Waals surface area contributed by atoms with Crippen LogP contribution in [0.25, 0.3) is 0 Å². The zero-order valence-electron chi connectivity index (χ0n) is 14.0. The van der Waals surface area contributed by atoms with Crippen molar-refractivity contribution in [2.45, 2.75) is 6.92 Å². The van der Waals surface area contributed by atoms with Crippen molar-refractivity contribution in [2.75, 3.05) is 42.9 Å². The van der Waals surface area contributed by atoms with E-state index in [1.807, 2.05) is 6.07 Å². The molecule has 2 heterocycles. The van der Waals surface area contributed by atoms with Gasteiger partial charge in [-0.3, -0.25) is 9.78 Å². The van der Waals surface area contributed by atoms with E-state index >= 15 is 0 Å². The number of hydrogen-bond acceptors (Lipinski definition) is 4. The molecule has 0 unspecified atom stereocenters. The Bertz CT molecular complexity index is 760. The summed E-state index contributed by atoms with van der Waals surface area (Å²) < 4.78 is 0. The minimum absolute atomic E-state index is 0.259. The Morgan fingerprint density at radius 3 is 2.68 bits per heavy atom. The smallest absolute Gasteiger partial charge is 0.257 e. The Morgan fingerprint density at radius 2 is 1.96 bits per heavy atom. The van der Waals surface area contributed by atoms with E-state index in [9.17, 15) is 4.79 Å². The number of rotatable bonds is 4. The van der Waals surface area contributed by atoms with Crippen LogP contribution in [0.5, 0.6) is 0 Å². The van der Waals surface area contributed by atoms with Gasteiger partial charge in [-0.1, -0.05) is 36.2 Å². The van der Waals surface area contributed by atoms with Crippen molar-refractivity contribution in [1.29, 1.82) is 0 Å². The maximum atomic E-state index is 12.5. The number of carbonyl (C=O) groups excluding carboxylic acids is 1. The van der Waals surface area contributed by atoms with Gasteiger partial charge in [0.25, 0.3) is 5.91 Å². The van der Waals surface area contributed by atoms with E-state index in [1.165, 1.54) is 0 Å². The first-order valence-electron chi connectivity index (χ1n) is 8.26. The number of anilines is 2. The number of halogens is 2. The molecule has 1 aliphatic heterocycles. The monoisotopic (exact) mass is 378 g/mol. The molecule has 1 aromatic heterocycles. The molecule has 1 fully saturated rings. The number of piperazine rings is 1. The van der Waals surface area contributed by atoms with Crippen LogP contribution in [0, 0.1) is 0 Å². The van der Waals surface area contributed by atoms with E-state index in [2.05, 4.69) is 27.0 Å². The van der Waals surface area contributed by atoms with Crippen LogP contribution >= 0.6 is 23.2 Å². The van der Waals surface area contributed by atoms with Crippen LogP contribution < -0.4 is 10.2 Å². The number of hydrogen-bond donors (Lipinski definition) is 1. The van der Waals surface area contributed by atoms with Crippen LogP contribution in [0.1, 0.15) is 17.3 Å². The van der Waals surface area contributed by atoms with E-state index in [0.717, 1.165) is 38.4 Å². The predicted molar refractivity (Wildman–Crippen MR) is 103 cm³/mol. The zero-order valence-corrected chi connectivity index (χ0v) is 15.5. The second-order valence-corrected chi connectivity index (χ2v) is 6.69. The van der Waals surface area contributed by atoms with Crippen LogP contribution in [0.2, 0.25) is 10.0 Å². The maximum absolute atomic E-state index is 12.5. The third kappa shape index (κ3) is 4.24. The lowest BCUT2D eigenvalue weighted by atomic mass is 10.2. The number of pyridine rings is 1. The van der Waals surface area contributed by atoms with Crippen LogP contribution in [0.15, 0.2) is 36.7 Å². The SMILES string of the molecule is CCN1CCN(c2cncc(C(=O)Nc3cccc(Cl)c3Cl)c2)CC1. The van der Waals surface area contributed by atoms with Crippen molar-refractivity contribution < 1.29 is 4.79 Å². The highest BCUT2D eigenvalue weighted by molar-refractivity contribution is 6.44. The van der Waals surface area contributed by atoms with E-state index in [-0.39, 0.29) is 5.91 Å². The van der Waals surface area contributed by atoms with Gasteiger partial charge in [-0.25, -0.2) is 0 Å². The van der Waals surface area contributed by atoms with Gasteiger partial charge in [0.2, 0.25) is 0 Å². The van der Waals surface area contributed by atoms with Gasteiger partial charge in [0.05, 0.1) is 33.2 Å². The molecule has 1 aliphatic rings. The summed E-state index contributed by atoms with van der Waals surface area (Å²) >= 11 is 12.1. The molecule has 0 saturated carbocycles. The lowest BCUT2D eigenvalue weighted by Crippen LogP contribution is -2.46. The minimum Gasteiger partial charge on any atom is -0.368 e. The second-order valence-electron chi connectivity index (χ2n) is 5.91.